The molecule has 2 rings (SSSR count). The largest absolute Gasteiger partial charge is 0.494 e. The molecule has 2 aromatic rings. The number of nitrogen functional groups attached to an aromatic ring is 1. The van der Waals surface area contributed by atoms with Gasteiger partial charge in [0.2, 0.25) is 0 Å². The van der Waals surface area contributed by atoms with Gasteiger partial charge in [-0.2, -0.15) is 0 Å². The molecule has 0 radical (unpaired) electrons. The smallest absolute Gasteiger partial charge is 0.131 e. The molecule has 0 unspecified atom stereocenters. The van der Waals surface area contributed by atoms with Crippen molar-refractivity contribution in [1.29, 1.82) is 0 Å². The van der Waals surface area contributed by atoms with Crippen molar-refractivity contribution in [3.05, 3.63) is 30.5 Å². The third kappa shape index (κ3) is 2.01. The first-order valence-corrected chi connectivity index (χ1v) is 5.08. The number of benzene rings is 1. The quantitative estimate of drug-likeness (QED) is 0.832. The second kappa shape index (κ2) is 4.17. The van der Waals surface area contributed by atoms with Gasteiger partial charge in [-0.15, -0.1) is 0 Å². The van der Waals surface area contributed by atoms with Crippen LogP contribution in [0.25, 0.3) is 10.8 Å². The minimum Gasteiger partial charge on any atom is -0.494 e. The maximum absolute atomic E-state index is 5.79. The third-order valence-corrected chi connectivity index (χ3v) is 2.24. The van der Waals surface area contributed by atoms with E-state index in [0.29, 0.717) is 5.82 Å². The first kappa shape index (κ1) is 9.77. The second-order valence-electron chi connectivity index (χ2n) is 3.43. The van der Waals surface area contributed by atoms with Crippen molar-refractivity contribution in [3.63, 3.8) is 0 Å². The molecule has 1 aromatic heterocycles. The van der Waals surface area contributed by atoms with E-state index in [0.717, 1.165) is 29.5 Å². The Morgan fingerprint density at radius 3 is 3.00 bits per heavy atom. The van der Waals surface area contributed by atoms with Gasteiger partial charge in [-0.25, -0.2) is 4.98 Å². The fourth-order valence-electron chi connectivity index (χ4n) is 1.48. The van der Waals surface area contributed by atoms with Crippen LogP contribution in [-0.4, -0.2) is 11.6 Å². The van der Waals surface area contributed by atoms with Gasteiger partial charge in [-0.3, -0.25) is 0 Å². The normalized spacial score (nSPS) is 10.5. The number of pyridine rings is 1. The van der Waals surface area contributed by atoms with E-state index in [-0.39, 0.29) is 0 Å². The zero-order chi connectivity index (χ0) is 10.7. The van der Waals surface area contributed by atoms with Crippen molar-refractivity contribution in [3.8, 4) is 5.75 Å². The zero-order valence-corrected chi connectivity index (χ0v) is 8.73. The highest BCUT2D eigenvalue weighted by Crippen LogP contribution is 2.23. The van der Waals surface area contributed by atoms with Crippen molar-refractivity contribution < 1.29 is 4.74 Å². The fraction of sp³-hybridized carbons (Fsp3) is 0.250. The summed E-state index contributed by atoms with van der Waals surface area (Å²) in [4.78, 5) is 4.05. The molecule has 3 heteroatoms. The van der Waals surface area contributed by atoms with Crippen LogP contribution in [0.3, 0.4) is 0 Å². The molecule has 0 fully saturated rings. The van der Waals surface area contributed by atoms with Gasteiger partial charge < -0.3 is 10.5 Å². The summed E-state index contributed by atoms with van der Waals surface area (Å²) in [5.41, 5.74) is 5.79. The van der Waals surface area contributed by atoms with Gasteiger partial charge in [-0.1, -0.05) is 13.0 Å². The molecule has 0 atom stereocenters. The van der Waals surface area contributed by atoms with Gasteiger partial charge in [-0.05, 0) is 30.0 Å². The van der Waals surface area contributed by atoms with Crippen LogP contribution in [-0.2, 0) is 0 Å². The van der Waals surface area contributed by atoms with Crippen LogP contribution in [0.2, 0.25) is 0 Å². The Bertz CT molecular complexity index is 468. The average Bonchev–Trinajstić information content (AvgIpc) is 2.27. The number of nitrogens with zero attached hydrogens (tertiary/aromatic N) is 1. The maximum atomic E-state index is 5.79. The summed E-state index contributed by atoms with van der Waals surface area (Å²) >= 11 is 0. The predicted molar refractivity (Wildman–Crippen MR) is 61.9 cm³/mol. The number of fused-ring (bicyclic) bond motifs is 1. The highest BCUT2D eigenvalue weighted by molar-refractivity contribution is 5.91. The lowest BCUT2D eigenvalue weighted by Gasteiger charge is -2.06. The topological polar surface area (TPSA) is 48.1 Å². The van der Waals surface area contributed by atoms with Gasteiger partial charge in [0.05, 0.1) is 6.61 Å². The fourth-order valence-corrected chi connectivity index (χ4v) is 1.48. The summed E-state index contributed by atoms with van der Waals surface area (Å²) in [5, 5.41) is 2.04. The Hall–Kier alpha value is -1.77. The van der Waals surface area contributed by atoms with Gasteiger partial charge in [0.1, 0.15) is 11.6 Å². The number of anilines is 1. The van der Waals surface area contributed by atoms with E-state index in [4.69, 9.17) is 10.5 Å². The molecule has 0 amide bonds. The lowest BCUT2D eigenvalue weighted by molar-refractivity contribution is 0.318. The molecule has 15 heavy (non-hydrogen) atoms. The Balaban J connectivity index is 2.41. The molecule has 1 aromatic carbocycles. The molecule has 0 saturated carbocycles. The molecule has 0 spiro atoms. The van der Waals surface area contributed by atoms with Crippen molar-refractivity contribution in [2.45, 2.75) is 13.3 Å². The molecule has 0 aliphatic heterocycles. The summed E-state index contributed by atoms with van der Waals surface area (Å²) in [7, 11) is 0. The molecule has 3 nitrogen and oxygen atoms in total. The molecule has 1 heterocycles. The second-order valence-corrected chi connectivity index (χ2v) is 3.43. The first-order valence-electron chi connectivity index (χ1n) is 5.08. The average molecular weight is 202 g/mol. The van der Waals surface area contributed by atoms with Crippen LogP contribution in [0.1, 0.15) is 13.3 Å². The Labute approximate surface area is 88.9 Å². The third-order valence-electron chi connectivity index (χ3n) is 2.24. The highest BCUT2D eigenvalue weighted by atomic mass is 16.5. The van der Waals surface area contributed by atoms with E-state index >= 15 is 0 Å². The Kier molecular flexibility index (Phi) is 2.72. The van der Waals surface area contributed by atoms with Crippen molar-refractivity contribution in [1.82, 2.24) is 4.98 Å². The van der Waals surface area contributed by atoms with E-state index in [1.54, 1.807) is 6.20 Å². The number of ether oxygens (including phenoxy) is 1. The summed E-state index contributed by atoms with van der Waals surface area (Å²) in [6, 6.07) is 7.83. The monoisotopic (exact) mass is 202 g/mol. The minimum absolute atomic E-state index is 0.550. The molecule has 0 saturated heterocycles. The summed E-state index contributed by atoms with van der Waals surface area (Å²) in [5.74, 6) is 1.40. The van der Waals surface area contributed by atoms with Gasteiger partial charge in [0.15, 0.2) is 0 Å². The SMILES string of the molecule is CCCOc1ccc2ccnc(N)c2c1. The zero-order valence-electron chi connectivity index (χ0n) is 8.73. The van der Waals surface area contributed by atoms with Crippen LogP contribution < -0.4 is 10.5 Å². The van der Waals surface area contributed by atoms with E-state index in [9.17, 15) is 0 Å². The number of nitrogens with two attached hydrogens (primary N) is 1. The summed E-state index contributed by atoms with van der Waals surface area (Å²) in [6.45, 7) is 2.81. The van der Waals surface area contributed by atoms with Crippen LogP contribution in [0.5, 0.6) is 5.75 Å². The molecule has 0 bridgehead atoms. The number of aromatic nitrogens is 1. The lowest BCUT2D eigenvalue weighted by atomic mass is 10.1. The molecule has 0 aliphatic rings. The molecule has 2 N–H and O–H groups in total. The van der Waals surface area contributed by atoms with Gasteiger partial charge >= 0.3 is 0 Å². The van der Waals surface area contributed by atoms with E-state index < -0.39 is 0 Å². The summed E-state index contributed by atoms with van der Waals surface area (Å²) in [6.07, 6.45) is 2.71. The molecular weight excluding hydrogens is 188 g/mol. The van der Waals surface area contributed by atoms with E-state index in [1.165, 1.54) is 0 Å². The van der Waals surface area contributed by atoms with Gasteiger partial charge in [0, 0.05) is 11.6 Å². The number of hydrogen-bond acceptors (Lipinski definition) is 3. The maximum Gasteiger partial charge on any atom is 0.131 e. The standard InChI is InChI=1S/C12H14N2O/c1-2-7-15-10-4-3-9-5-6-14-12(13)11(9)8-10/h3-6,8H,2,7H2,1H3,(H2,13,14). The number of rotatable bonds is 3. The van der Waals surface area contributed by atoms with Crippen LogP contribution in [0.15, 0.2) is 30.5 Å². The number of hydrogen-bond donors (Lipinski definition) is 1. The lowest BCUT2D eigenvalue weighted by Crippen LogP contribution is -1.96. The highest BCUT2D eigenvalue weighted by Gasteiger charge is 2.00. The summed E-state index contributed by atoms with van der Waals surface area (Å²) < 4.78 is 5.53. The van der Waals surface area contributed by atoms with Crippen LogP contribution in [0, 0.1) is 0 Å². The van der Waals surface area contributed by atoms with Crippen molar-refractivity contribution in [2.75, 3.05) is 12.3 Å². The van der Waals surface area contributed by atoms with Gasteiger partial charge in [0.25, 0.3) is 0 Å². The Morgan fingerprint density at radius 2 is 2.20 bits per heavy atom. The minimum atomic E-state index is 0.550. The Morgan fingerprint density at radius 1 is 1.33 bits per heavy atom. The van der Waals surface area contributed by atoms with Crippen LogP contribution >= 0.6 is 0 Å². The first-order chi connectivity index (χ1) is 7.31. The molecule has 0 aliphatic carbocycles. The van der Waals surface area contributed by atoms with E-state index in [1.807, 2.05) is 24.3 Å². The van der Waals surface area contributed by atoms with Crippen LogP contribution in [0.4, 0.5) is 5.82 Å². The van der Waals surface area contributed by atoms with E-state index in [2.05, 4.69) is 11.9 Å². The molecule has 78 valence electrons. The molecular formula is C12H14N2O. The van der Waals surface area contributed by atoms with Crippen molar-refractivity contribution >= 4 is 16.6 Å². The van der Waals surface area contributed by atoms with Crippen molar-refractivity contribution in [2.24, 2.45) is 0 Å². The predicted octanol–water partition coefficient (Wildman–Crippen LogP) is 2.61.